The van der Waals surface area contributed by atoms with Crippen molar-refractivity contribution in [1.29, 1.82) is 0 Å². The summed E-state index contributed by atoms with van der Waals surface area (Å²) < 4.78 is 122. The number of aliphatic hydroxyl groups excluding tert-OH is 1. The molecule has 406 valence electrons. The lowest BCUT2D eigenvalue weighted by Crippen LogP contribution is -2.46. The highest BCUT2D eigenvalue weighted by Gasteiger charge is 2.49. The summed E-state index contributed by atoms with van der Waals surface area (Å²) in [6.07, 6.45) is 2.60. The number of piperazine rings is 1. The zero-order chi connectivity index (χ0) is 54.2. The van der Waals surface area contributed by atoms with Gasteiger partial charge in [0.15, 0.2) is 9.84 Å². The van der Waals surface area contributed by atoms with Crippen molar-refractivity contribution >= 4 is 78.6 Å². The fourth-order valence-corrected chi connectivity index (χ4v) is 16.2. The Labute approximate surface area is 453 Å². The van der Waals surface area contributed by atoms with Crippen LogP contribution in [0.5, 0.6) is 0 Å². The zero-order valence-corrected chi connectivity index (χ0v) is 46.9. The van der Waals surface area contributed by atoms with Crippen LogP contribution in [0.4, 0.5) is 35.9 Å². The number of alkyl halides is 3. The van der Waals surface area contributed by atoms with E-state index in [1.54, 1.807) is 24.3 Å². The fraction of sp³-hybridized carbons (Fsp3) is 0.382. The summed E-state index contributed by atoms with van der Waals surface area (Å²) in [6, 6.07) is 35.3. The van der Waals surface area contributed by atoms with Crippen molar-refractivity contribution in [1.82, 2.24) is 9.47 Å². The second-order valence-corrected chi connectivity index (χ2v) is 27.5. The number of aliphatic hydroxyl groups is 1. The lowest BCUT2D eigenvalue weighted by atomic mass is 10.00. The minimum Gasteiger partial charge on any atom is -0.393 e. The molecule has 0 saturated carbocycles. The van der Waals surface area contributed by atoms with Crippen LogP contribution in [0.1, 0.15) is 44.8 Å². The van der Waals surface area contributed by atoms with E-state index in [1.165, 1.54) is 34.8 Å². The predicted molar refractivity (Wildman–Crippen MR) is 301 cm³/mol. The Balaban J connectivity index is 0.929. The van der Waals surface area contributed by atoms with Crippen LogP contribution in [0.15, 0.2) is 136 Å². The SMILES string of the molecule is Cc1c(S(C)(=O)=O)c(-c2cccc(N3CCN(c4ccc(N5CCO[P@]5(=O)c5ccc(N[C@H](CCN6CCC(O)CC6)CSc6ccccc6)c(S(=O)(=O)C(F)(F)F)c5)cc4)CC3)c2)c(-c2ccc(Cl)cc2)n1C(C)C. The van der Waals surface area contributed by atoms with Gasteiger partial charge in [-0.2, -0.15) is 13.2 Å². The van der Waals surface area contributed by atoms with Crippen molar-refractivity contribution in [3.05, 3.63) is 132 Å². The maximum atomic E-state index is 15.0. The van der Waals surface area contributed by atoms with E-state index in [0.29, 0.717) is 97.7 Å². The minimum atomic E-state index is -5.94. The van der Waals surface area contributed by atoms with Crippen molar-refractivity contribution in [3.8, 4) is 22.4 Å². The number of hydrogen-bond acceptors (Lipinski definition) is 12. The summed E-state index contributed by atoms with van der Waals surface area (Å²) in [4.78, 5) is 6.88. The highest BCUT2D eigenvalue weighted by Crippen LogP contribution is 2.56. The maximum Gasteiger partial charge on any atom is 0.501 e. The minimum absolute atomic E-state index is 0.00295. The molecule has 21 heteroatoms. The molecule has 3 aliphatic heterocycles. The van der Waals surface area contributed by atoms with Gasteiger partial charge in [0.2, 0.25) is 0 Å². The highest BCUT2D eigenvalue weighted by molar-refractivity contribution is 7.99. The van der Waals surface area contributed by atoms with Gasteiger partial charge >= 0.3 is 13.0 Å². The number of piperidine rings is 1. The van der Waals surface area contributed by atoms with E-state index in [9.17, 15) is 39.7 Å². The van der Waals surface area contributed by atoms with E-state index in [0.717, 1.165) is 39.2 Å². The number of hydrogen-bond donors (Lipinski definition) is 2. The molecule has 0 aliphatic carbocycles. The van der Waals surface area contributed by atoms with E-state index in [1.807, 2.05) is 99.6 Å². The highest BCUT2D eigenvalue weighted by atomic mass is 35.5. The topological polar surface area (TPSA) is 145 Å². The second-order valence-electron chi connectivity index (χ2n) is 19.9. The van der Waals surface area contributed by atoms with Crippen LogP contribution in [0, 0.1) is 6.92 Å². The Morgan fingerprint density at radius 3 is 2.07 bits per heavy atom. The van der Waals surface area contributed by atoms with Crippen LogP contribution in [0.2, 0.25) is 5.02 Å². The van der Waals surface area contributed by atoms with E-state index in [4.69, 9.17) is 16.1 Å². The molecule has 13 nitrogen and oxygen atoms in total. The van der Waals surface area contributed by atoms with Gasteiger partial charge in [0.05, 0.1) is 40.8 Å². The van der Waals surface area contributed by atoms with Crippen molar-refractivity contribution < 1.29 is 44.2 Å². The molecule has 76 heavy (non-hydrogen) atoms. The lowest BCUT2D eigenvalue weighted by Gasteiger charge is -2.37. The molecule has 0 radical (unpaired) electrons. The summed E-state index contributed by atoms with van der Waals surface area (Å²) in [5.74, 6) is 0.416. The number of nitrogens with one attached hydrogen (secondary N) is 1. The molecule has 3 saturated heterocycles. The Morgan fingerprint density at radius 1 is 0.789 bits per heavy atom. The molecule has 0 unspecified atom stereocenters. The van der Waals surface area contributed by atoms with E-state index >= 15 is 0 Å². The van der Waals surface area contributed by atoms with Gasteiger partial charge in [0.1, 0.15) is 4.90 Å². The standard InChI is InChI=1S/C55H63ClF3N6O7PS3/c1-38(2)65-39(3)54(75(4,68)69)52(53(65)40-13-15-42(56)16-14-40)41-9-8-10-46(35-41)63-31-29-62(30-32-63)44-17-19-45(20-18-44)64-33-34-72-73(64,67)48-21-22-50(51(36-48)76(70,71)55(57,58)59)60-43(37-74-49-11-6-5-7-12-49)23-26-61-27-24-47(66)25-28-61/h5-22,35-36,38,43,47,60,66H,23-34,37H2,1-4H3/t43-,73-/m1/s1. The largest absolute Gasteiger partial charge is 0.501 e. The Hall–Kier alpha value is -4.98. The first-order valence-corrected chi connectivity index (χ1v) is 31.7. The zero-order valence-electron chi connectivity index (χ0n) is 42.8. The molecule has 3 fully saturated rings. The van der Waals surface area contributed by atoms with Crippen LogP contribution in [-0.4, -0.2) is 120 Å². The molecule has 6 aromatic rings. The molecular weight excluding hydrogens is 1080 g/mol. The number of anilines is 4. The summed E-state index contributed by atoms with van der Waals surface area (Å²) in [5.41, 5.74) is 0.192. The number of sulfone groups is 2. The monoisotopic (exact) mass is 1140 g/mol. The summed E-state index contributed by atoms with van der Waals surface area (Å²) in [5, 5.41) is 13.6. The summed E-state index contributed by atoms with van der Waals surface area (Å²) in [6.45, 7) is 10.6. The van der Waals surface area contributed by atoms with Gasteiger partial charge in [-0.1, -0.05) is 54.1 Å². The van der Waals surface area contributed by atoms with Gasteiger partial charge in [0.25, 0.3) is 9.84 Å². The average Bonchev–Trinajstić information content (AvgIpc) is 3.96. The lowest BCUT2D eigenvalue weighted by molar-refractivity contribution is -0.0435. The van der Waals surface area contributed by atoms with Gasteiger partial charge in [-0.05, 0) is 130 Å². The van der Waals surface area contributed by atoms with Crippen molar-refractivity contribution in [2.24, 2.45) is 0 Å². The normalized spacial score (nSPS) is 18.7. The van der Waals surface area contributed by atoms with Gasteiger partial charge in [0, 0.05) is 108 Å². The van der Waals surface area contributed by atoms with Gasteiger partial charge in [-0.25, -0.2) is 16.8 Å². The third-order valence-corrected chi connectivity index (χ3v) is 21.1. The molecule has 0 spiro atoms. The molecule has 2 N–H and O–H groups in total. The number of rotatable bonds is 17. The smallest absolute Gasteiger partial charge is 0.393 e. The molecule has 0 amide bonds. The Morgan fingerprint density at radius 2 is 1.43 bits per heavy atom. The molecule has 0 bridgehead atoms. The third-order valence-electron chi connectivity index (χ3n) is 14.4. The van der Waals surface area contributed by atoms with Gasteiger partial charge in [-0.15, -0.1) is 11.8 Å². The molecule has 1 aromatic heterocycles. The predicted octanol–water partition coefficient (Wildman–Crippen LogP) is 11.2. The van der Waals surface area contributed by atoms with Crippen LogP contribution in [0.25, 0.3) is 22.4 Å². The van der Waals surface area contributed by atoms with Crippen LogP contribution >= 0.6 is 30.9 Å². The molecule has 9 rings (SSSR count). The van der Waals surface area contributed by atoms with Crippen LogP contribution in [0.3, 0.4) is 0 Å². The maximum absolute atomic E-state index is 15.0. The van der Waals surface area contributed by atoms with E-state index in [-0.39, 0.29) is 36.3 Å². The number of thioether (sulfide) groups is 1. The molecule has 3 aliphatic rings. The second kappa shape index (κ2) is 22.8. The summed E-state index contributed by atoms with van der Waals surface area (Å²) in [7, 11) is -13.7. The number of nitrogens with zero attached hydrogens (tertiary/aromatic N) is 5. The Kier molecular flexibility index (Phi) is 16.7. The first kappa shape index (κ1) is 55.8. The molecule has 5 aromatic carbocycles. The molecule has 4 heterocycles. The molecule has 2 atom stereocenters. The molecular formula is C55H63ClF3N6O7PS3. The van der Waals surface area contributed by atoms with Crippen molar-refractivity contribution in [2.45, 2.75) is 78.4 Å². The number of halogens is 4. The van der Waals surface area contributed by atoms with Crippen molar-refractivity contribution in [3.63, 3.8) is 0 Å². The van der Waals surface area contributed by atoms with Crippen LogP contribution in [-0.2, 0) is 28.8 Å². The van der Waals surface area contributed by atoms with E-state index < -0.39 is 43.6 Å². The fourth-order valence-electron chi connectivity index (χ4n) is 10.6. The first-order valence-electron chi connectivity index (χ1n) is 25.4. The average molecular weight is 1140 g/mol. The number of likely N-dealkylation sites (tertiary alicyclic amines) is 1. The number of benzene rings is 5. The first-order chi connectivity index (χ1) is 36.1. The van der Waals surface area contributed by atoms with Crippen molar-refractivity contribution in [2.75, 3.05) is 90.8 Å². The third kappa shape index (κ3) is 11.9. The van der Waals surface area contributed by atoms with E-state index in [2.05, 4.69) is 24.6 Å². The summed E-state index contributed by atoms with van der Waals surface area (Å²) >= 11 is 7.79. The van der Waals surface area contributed by atoms with Crippen LogP contribution < -0.4 is 25.1 Å². The Bertz CT molecular complexity index is 3300. The number of aromatic nitrogens is 1. The van der Waals surface area contributed by atoms with Gasteiger partial charge < -0.3 is 34.2 Å². The quantitative estimate of drug-likeness (QED) is 0.0661. The van der Waals surface area contributed by atoms with Gasteiger partial charge in [-0.3, -0.25) is 9.24 Å².